The van der Waals surface area contributed by atoms with Gasteiger partial charge in [0.1, 0.15) is 0 Å². The molecule has 2 rings (SSSR count). The number of likely N-dealkylation sites (tertiary alicyclic amines) is 1. The first kappa shape index (κ1) is 9.93. The zero-order valence-corrected chi connectivity index (χ0v) is 8.54. The lowest BCUT2D eigenvalue weighted by molar-refractivity contribution is -0.123. The minimum Gasteiger partial charge on any atom is -0.355 e. The summed E-state index contributed by atoms with van der Waals surface area (Å²) < 4.78 is 0. The quantitative estimate of drug-likeness (QED) is 0.619. The Kier molecular flexibility index (Phi) is 3.03. The molecule has 4 heteroatoms. The van der Waals surface area contributed by atoms with Crippen LogP contribution in [0.5, 0.6) is 0 Å². The fourth-order valence-corrected chi connectivity index (χ4v) is 1.79. The average molecular weight is 197 g/mol. The highest BCUT2D eigenvalue weighted by Crippen LogP contribution is 2.27. The molecule has 0 unspecified atom stereocenters. The SMILES string of the molecule is NCC1CN(CC(=O)NCC2CC2)C1. The molecule has 0 aromatic carbocycles. The van der Waals surface area contributed by atoms with E-state index < -0.39 is 0 Å². The van der Waals surface area contributed by atoms with Crippen molar-refractivity contribution in [1.29, 1.82) is 0 Å². The number of carbonyl (C=O) groups excluding carboxylic acids is 1. The number of nitrogens with zero attached hydrogens (tertiary/aromatic N) is 1. The van der Waals surface area contributed by atoms with Gasteiger partial charge in [-0.3, -0.25) is 9.69 Å². The third kappa shape index (κ3) is 2.69. The molecule has 80 valence electrons. The van der Waals surface area contributed by atoms with Crippen LogP contribution in [-0.2, 0) is 4.79 Å². The Bertz CT molecular complexity index is 209. The molecule has 0 aromatic heterocycles. The molecule has 1 saturated carbocycles. The van der Waals surface area contributed by atoms with Crippen LogP contribution in [0.25, 0.3) is 0 Å². The summed E-state index contributed by atoms with van der Waals surface area (Å²) >= 11 is 0. The molecule has 0 bridgehead atoms. The monoisotopic (exact) mass is 197 g/mol. The number of carbonyl (C=O) groups is 1. The van der Waals surface area contributed by atoms with Crippen LogP contribution in [0.15, 0.2) is 0 Å². The minimum absolute atomic E-state index is 0.173. The predicted octanol–water partition coefficient (Wildman–Crippen LogP) is -0.597. The summed E-state index contributed by atoms with van der Waals surface area (Å²) in [5.74, 6) is 1.56. The van der Waals surface area contributed by atoms with E-state index in [1.54, 1.807) is 0 Å². The lowest BCUT2D eigenvalue weighted by atomic mass is 10.0. The second-order valence-corrected chi connectivity index (χ2v) is 4.54. The molecule has 0 atom stereocenters. The smallest absolute Gasteiger partial charge is 0.234 e. The number of nitrogens with two attached hydrogens (primary N) is 1. The van der Waals surface area contributed by atoms with Gasteiger partial charge in [-0.1, -0.05) is 0 Å². The van der Waals surface area contributed by atoms with Crippen molar-refractivity contribution < 1.29 is 4.79 Å². The van der Waals surface area contributed by atoms with Crippen molar-refractivity contribution in [3.8, 4) is 0 Å². The third-order valence-corrected chi connectivity index (χ3v) is 3.02. The van der Waals surface area contributed by atoms with Crippen LogP contribution in [-0.4, -0.2) is 43.5 Å². The molecule has 1 aliphatic heterocycles. The van der Waals surface area contributed by atoms with E-state index in [1.807, 2.05) is 0 Å². The fraction of sp³-hybridized carbons (Fsp3) is 0.900. The summed E-state index contributed by atoms with van der Waals surface area (Å²) in [6, 6.07) is 0. The average Bonchev–Trinajstić information content (AvgIpc) is 2.90. The van der Waals surface area contributed by atoms with Gasteiger partial charge in [0.25, 0.3) is 0 Å². The maximum absolute atomic E-state index is 11.4. The second-order valence-electron chi connectivity index (χ2n) is 4.54. The Morgan fingerprint density at radius 3 is 2.64 bits per heavy atom. The molecule has 0 aromatic rings. The summed E-state index contributed by atoms with van der Waals surface area (Å²) in [6.45, 7) is 4.18. The predicted molar refractivity (Wildman–Crippen MR) is 54.7 cm³/mol. The van der Waals surface area contributed by atoms with Crippen LogP contribution in [0.2, 0.25) is 0 Å². The van der Waals surface area contributed by atoms with E-state index in [2.05, 4.69) is 10.2 Å². The van der Waals surface area contributed by atoms with E-state index in [4.69, 9.17) is 5.73 Å². The Morgan fingerprint density at radius 1 is 1.36 bits per heavy atom. The molecule has 1 heterocycles. The summed E-state index contributed by atoms with van der Waals surface area (Å²) in [5.41, 5.74) is 5.51. The normalized spacial score (nSPS) is 23.2. The molecule has 0 radical (unpaired) electrons. The van der Waals surface area contributed by atoms with Gasteiger partial charge in [-0.05, 0) is 31.2 Å². The number of hydrogen-bond donors (Lipinski definition) is 2. The summed E-state index contributed by atoms with van der Waals surface area (Å²) in [7, 11) is 0. The highest BCUT2D eigenvalue weighted by Gasteiger charge is 2.27. The van der Waals surface area contributed by atoms with E-state index in [0.29, 0.717) is 12.5 Å². The summed E-state index contributed by atoms with van der Waals surface area (Å²) in [4.78, 5) is 13.5. The van der Waals surface area contributed by atoms with Gasteiger partial charge >= 0.3 is 0 Å². The maximum atomic E-state index is 11.4. The van der Waals surface area contributed by atoms with Gasteiger partial charge in [0.05, 0.1) is 6.54 Å². The Morgan fingerprint density at radius 2 is 2.07 bits per heavy atom. The first-order chi connectivity index (χ1) is 6.78. The van der Waals surface area contributed by atoms with E-state index in [-0.39, 0.29) is 5.91 Å². The van der Waals surface area contributed by atoms with Crippen LogP contribution in [0.3, 0.4) is 0 Å². The standard InChI is InChI=1S/C10H19N3O/c11-3-9-5-13(6-9)7-10(14)12-4-8-1-2-8/h8-9H,1-7,11H2,(H,12,14). The number of hydrogen-bond acceptors (Lipinski definition) is 3. The Hall–Kier alpha value is -0.610. The molecular weight excluding hydrogens is 178 g/mol. The zero-order chi connectivity index (χ0) is 9.97. The van der Waals surface area contributed by atoms with Crippen molar-refractivity contribution in [2.24, 2.45) is 17.6 Å². The number of nitrogens with one attached hydrogen (secondary N) is 1. The van der Waals surface area contributed by atoms with E-state index in [1.165, 1.54) is 12.8 Å². The fourth-order valence-electron chi connectivity index (χ4n) is 1.79. The molecule has 1 saturated heterocycles. The van der Waals surface area contributed by atoms with Crippen molar-refractivity contribution in [3.05, 3.63) is 0 Å². The van der Waals surface area contributed by atoms with Crippen molar-refractivity contribution in [3.63, 3.8) is 0 Å². The van der Waals surface area contributed by atoms with Crippen molar-refractivity contribution >= 4 is 5.91 Å². The molecule has 4 nitrogen and oxygen atoms in total. The first-order valence-electron chi connectivity index (χ1n) is 5.47. The van der Waals surface area contributed by atoms with Crippen molar-refractivity contribution in [2.75, 3.05) is 32.7 Å². The van der Waals surface area contributed by atoms with Crippen LogP contribution < -0.4 is 11.1 Å². The highest BCUT2D eigenvalue weighted by molar-refractivity contribution is 5.78. The van der Waals surface area contributed by atoms with Crippen LogP contribution in [0.4, 0.5) is 0 Å². The van der Waals surface area contributed by atoms with Crippen LogP contribution in [0.1, 0.15) is 12.8 Å². The lowest BCUT2D eigenvalue weighted by Gasteiger charge is -2.37. The van der Waals surface area contributed by atoms with E-state index in [9.17, 15) is 4.79 Å². The van der Waals surface area contributed by atoms with Crippen LogP contribution in [0, 0.1) is 11.8 Å². The zero-order valence-electron chi connectivity index (χ0n) is 8.54. The van der Waals surface area contributed by atoms with Gasteiger partial charge in [-0.2, -0.15) is 0 Å². The molecular formula is C10H19N3O. The van der Waals surface area contributed by atoms with Crippen molar-refractivity contribution in [1.82, 2.24) is 10.2 Å². The Labute approximate surface area is 84.8 Å². The van der Waals surface area contributed by atoms with Gasteiger partial charge < -0.3 is 11.1 Å². The topological polar surface area (TPSA) is 58.4 Å². The van der Waals surface area contributed by atoms with Gasteiger partial charge in [0, 0.05) is 19.6 Å². The van der Waals surface area contributed by atoms with E-state index >= 15 is 0 Å². The Balaban J connectivity index is 1.54. The van der Waals surface area contributed by atoms with Gasteiger partial charge in [-0.15, -0.1) is 0 Å². The summed E-state index contributed by atoms with van der Waals surface area (Å²) in [6.07, 6.45) is 2.58. The molecule has 1 amide bonds. The molecule has 2 fully saturated rings. The van der Waals surface area contributed by atoms with Gasteiger partial charge in [0.15, 0.2) is 0 Å². The van der Waals surface area contributed by atoms with E-state index in [0.717, 1.165) is 32.1 Å². The second kappa shape index (κ2) is 4.28. The molecule has 3 N–H and O–H groups in total. The number of rotatable bonds is 5. The summed E-state index contributed by atoms with van der Waals surface area (Å²) in [5, 5.41) is 2.96. The molecule has 1 aliphatic carbocycles. The largest absolute Gasteiger partial charge is 0.355 e. The lowest BCUT2D eigenvalue weighted by Crippen LogP contribution is -2.53. The first-order valence-corrected chi connectivity index (χ1v) is 5.47. The van der Waals surface area contributed by atoms with Crippen molar-refractivity contribution in [2.45, 2.75) is 12.8 Å². The van der Waals surface area contributed by atoms with Gasteiger partial charge in [0.2, 0.25) is 5.91 Å². The number of amides is 1. The van der Waals surface area contributed by atoms with Gasteiger partial charge in [-0.25, -0.2) is 0 Å². The maximum Gasteiger partial charge on any atom is 0.234 e. The third-order valence-electron chi connectivity index (χ3n) is 3.02. The van der Waals surface area contributed by atoms with Crippen LogP contribution >= 0.6 is 0 Å². The molecule has 0 spiro atoms. The highest BCUT2D eigenvalue weighted by atomic mass is 16.2. The minimum atomic E-state index is 0.173. The molecule has 2 aliphatic rings. The molecule has 14 heavy (non-hydrogen) atoms.